The maximum Gasteiger partial charge on any atom is 0.416 e. The fraction of sp³-hybridized carbons (Fsp3) is 0.273. The molecule has 1 aliphatic heterocycles. The number of carbonyl (C=O) groups is 1. The molecule has 1 N–H and O–H groups in total. The van der Waals surface area contributed by atoms with Gasteiger partial charge in [-0.15, -0.1) is 0 Å². The van der Waals surface area contributed by atoms with Gasteiger partial charge in [0, 0.05) is 44.6 Å². The SMILES string of the molecule is O=C(c1c[nH]c(=S)n1-c1ccc(F)cc1)N1CCN(Cc2cccc(C(F)(F)F)c2)CC1. The smallest absolute Gasteiger partial charge is 0.336 e. The number of H-pyrrole nitrogens is 1. The van der Waals surface area contributed by atoms with E-state index in [1.54, 1.807) is 27.7 Å². The van der Waals surface area contributed by atoms with Crippen LogP contribution in [0.15, 0.2) is 54.7 Å². The highest BCUT2D eigenvalue weighted by Crippen LogP contribution is 2.30. The Labute approximate surface area is 186 Å². The molecular formula is C22H20F4N4OS. The molecule has 5 nitrogen and oxygen atoms in total. The topological polar surface area (TPSA) is 44.3 Å². The van der Waals surface area contributed by atoms with Crippen LogP contribution in [0.3, 0.4) is 0 Å². The zero-order chi connectivity index (χ0) is 22.9. The fourth-order valence-corrected chi connectivity index (χ4v) is 4.01. The summed E-state index contributed by atoms with van der Waals surface area (Å²) in [6.45, 7) is 2.30. The summed E-state index contributed by atoms with van der Waals surface area (Å²) in [4.78, 5) is 19.7. The standard InChI is InChI=1S/C22H20F4N4OS/c23-17-4-6-18(7-5-17)30-19(13-27-21(30)32)20(31)29-10-8-28(9-11-29)14-15-2-1-3-16(12-15)22(24,25)26/h1-7,12-13H,8-11,14H2,(H,27,32). The molecule has 0 spiro atoms. The number of amides is 1. The number of nitrogens with one attached hydrogen (secondary N) is 1. The van der Waals surface area contributed by atoms with Crippen LogP contribution in [-0.4, -0.2) is 51.4 Å². The minimum Gasteiger partial charge on any atom is -0.336 e. The lowest BCUT2D eigenvalue weighted by molar-refractivity contribution is -0.137. The van der Waals surface area contributed by atoms with Crippen LogP contribution in [0.2, 0.25) is 0 Å². The third-order valence-electron chi connectivity index (χ3n) is 5.40. The number of nitrogens with zero attached hydrogens (tertiary/aromatic N) is 3. The molecule has 0 aliphatic carbocycles. The number of aromatic nitrogens is 2. The number of benzene rings is 2. The maximum absolute atomic E-state index is 13.3. The first-order chi connectivity index (χ1) is 15.2. The fourth-order valence-electron chi connectivity index (χ4n) is 3.75. The van der Waals surface area contributed by atoms with Crippen LogP contribution in [0.5, 0.6) is 0 Å². The highest BCUT2D eigenvalue weighted by molar-refractivity contribution is 7.71. The largest absolute Gasteiger partial charge is 0.416 e. The second-order valence-corrected chi connectivity index (χ2v) is 7.94. The molecule has 0 unspecified atom stereocenters. The van der Waals surface area contributed by atoms with Crippen molar-refractivity contribution in [1.29, 1.82) is 0 Å². The minimum atomic E-state index is -4.37. The third kappa shape index (κ3) is 4.76. The molecule has 0 saturated carbocycles. The van der Waals surface area contributed by atoms with Gasteiger partial charge < -0.3 is 9.88 Å². The van der Waals surface area contributed by atoms with Crippen molar-refractivity contribution in [3.63, 3.8) is 0 Å². The first kappa shape index (κ1) is 22.2. The first-order valence-corrected chi connectivity index (χ1v) is 10.4. The van der Waals surface area contributed by atoms with Crippen molar-refractivity contribution in [3.05, 3.63) is 82.1 Å². The van der Waals surface area contributed by atoms with E-state index in [9.17, 15) is 22.4 Å². The van der Waals surface area contributed by atoms with Crippen LogP contribution in [0.4, 0.5) is 17.6 Å². The quantitative estimate of drug-likeness (QED) is 0.452. The van der Waals surface area contributed by atoms with Crippen LogP contribution in [0, 0.1) is 10.6 Å². The molecule has 4 rings (SSSR count). The second-order valence-electron chi connectivity index (χ2n) is 7.56. The number of piperazine rings is 1. The molecule has 32 heavy (non-hydrogen) atoms. The van der Waals surface area contributed by atoms with Gasteiger partial charge in [-0.3, -0.25) is 14.3 Å². The van der Waals surface area contributed by atoms with Gasteiger partial charge in [0.1, 0.15) is 11.5 Å². The van der Waals surface area contributed by atoms with Gasteiger partial charge in [-0.2, -0.15) is 13.2 Å². The van der Waals surface area contributed by atoms with Crippen LogP contribution in [-0.2, 0) is 12.7 Å². The molecule has 3 aromatic rings. The Balaban J connectivity index is 1.43. The van der Waals surface area contributed by atoms with Crippen molar-refractivity contribution in [1.82, 2.24) is 19.4 Å². The van der Waals surface area contributed by atoms with Crippen LogP contribution in [0.1, 0.15) is 21.6 Å². The normalized spacial score (nSPS) is 15.2. The van der Waals surface area contributed by atoms with Crippen LogP contribution < -0.4 is 0 Å². The summed E-state index contributed by atoms with van der Waals surface area (Å²) in [6.07, 6.45) is -2.84. The van der Waals surface area contributed by atoms with Gasteiger partial charge in [0.2, 0.25) is 0 Å². The average Bonchev–Trinajstić information content (AvgIpc) is 3.15. The molecule has 1 aliphatic rings. The van der Waals surface area contributed by atoms with E-state index in [1.807, 2.05) is 4.90 Å². The number of hydrogen-bond donors (Lipinski definition) is 1. The molecule has 10 heteroatoms. The molecule has 1 fully saturated rings. The van der Waals surface area contributed by atoms with Gasteiger partial charge in [0.05, 0.1) is 5.56 Å². The van der Waals surface area contributed by atoms with Crippen LogP contribution >= 0.6 is 12.2 Å². The molecule has 168 valence electrons. The van der Waals surface area contributed by atoms with Crippen molar-refractivity contribution in [3.8, 4) is 5.69 Å². The highest BCUT2D eigenvalue weighted by Gasteiger charge is 2.31. The van der Waals surface area contributed by atoms with E-state index in [0.29, 0.717) is 54.4 Å². The summed E-state index contributed by atoms with van der Waals surface area (Å²) in [5.74, 6) is -0.610. The summed E-state index contributed by atoms with van der Waals surface area (Å²) in [7, 11) is 0. The van der Waals surface area contributed by atoms with Crippen molar-refractivity contribution in [2.75, 3.05) is 26.2 Å². The van der Waals surface area contributed by atoms with Crippen LogP contribution in [0.25, 0.3) is 5.69 Å². The van der Waals surface area contributed by atoms with Gasteiger partial charge in [-0.25, -0.2) is 4.39 Å². The van der Waals surface area contributed by atoms with Gasteiger partial charge in [0.15, 0.2) is 4.77 Å². The molecule has 2 aromatic carbocycles. The monoisotopic (exact) mass is 464 g/mol. The predicted octanol–water partition coefficient (Wildman–Crippen LogP) is 4.65. The van der Waals surface area contributed by atoms with E-state index in [4.69, 9.17) is 12.2 Å². The van der Waals surface area contributed by atoms with Gasteiger partial charge in [-0.05, 0) is 48.1 Å². The van der Waals surface area contributed by atoms with E-state index in [1.165, 1.54) is 24.4 Å². The Morgan fingerprint density at radius 2 is 1.72 bits per heavy atom. The maximum atomic E-state index is 13.3. The summed E-state index contributed by atoms with van der Waals surface area (Å²) in [6, 6.07) is 11.0. The second kappa shape index (κ2) is 8.87. The summed E-state index contributed by atoms with van der Waals surface area (Å²) >= 11 is 5.29. The van der Waals surface area contributed by atoms with E-state index >= 15 is 0 Å². The van der Waals surface area contributed by atoms with Gasteiger partial charge in [0.25, 0.3) is 5.91 Å². The Bertz CT molecular complexity index is 1160. The molecule has 1 amide bonds. The van der Waals surface area contributed by atoms with Gasteiger partial charge >= 0.3 is 6.18 Å². The zero-order valence-electron chi connectivity index (χ0n) is 16.9. The molecule has 1 aromatic heterocycles. The summed E-state index contributed by atoms with van der Waals surface area (Å²) in [5, 5.41) is 0. The minimum absolute atomic E-state index is 0.222. The van der Waals surface area contributed by atoms with E-state index in [0.717, 1.165) is 12.1 Å². The Morgan fingerprint density at radius 1 is 1.03 bits per heavy atom. The highest BCUT2D eigenvalue weighted by atomic mass is 32.1. The molecule has 0 bridgehead atoms. The average molecular weight is 464 g/mol. The van der Waals surface area contributed by atoms with Crippen molar-refractivity contribution < 1.29 is 22.4 Å². The van der Waals surface area contributed by atoms with E-state index in [2.05, 4.69) is 4.98 Å². The lowest BCUT2D eigenvalue weighted by atomic mass is 10.1. The third-order valence-corrected chi connectivity index (χ3v) is 5.70. The van der Waals surface area contributed by atoms with Crippen molar-refractivity contribution in [2.24, 2.45) is 0 Å². The lowest BCUT2D eigenvalue weighted by Crippen LogP contribution is -2.48. The molecule has 0 atom stereocenters. The summed E-state index contributed by atoms with van der Waals surface area (Å²) in [5.41, 5.74) is 0.827. The number of halogens is 4. The van der Waals surface area contributed by atoms with Crippen molar-refractivity contribution >= 4 is 18.1 Å². The molecular weight excluding hydrogens is 444 g/mol. The number of imidazole rings is 1. The molecule has 2 heterocycles. The van der Waals surface area contributed by atoms with Crippen molar-refractivity contribution in [2.45, 2.75) is 12.7 Å². The first-order valence-electron chi connectivity index (χ1n) is 9.96. The Morgan fingerprint density at radius 3 is 2.38 bits per heavy atom. The Kier molecular flexibility index (Phi) is 6.16. The number of hydrogen-bond acceptors (Lipinski definition) is 3. The number of aromatic amines is 1. The molecule has 0 radical (unpaired) electrons. The number of alkyl halides is 3. The van der Waals surface area contributed by atoms with Gasteiger partial charge in [-0.1, -0.05) is 18.2 Å². The van der Waals surface area contributed by atoms with E-state index in [-0.39, 0.29) is 11.7 Å². The zero-order valence-corrected chi connectivity index (χ0v) is 17.7. The number of carbonyl (C=O) groups excluding carboxylic acids is 1. The predicted molar refractivity (Wildman–Crippen MR) is 114 cm³/mol. The Hall–Kier alpha value is -2.98. The number of rotatable bonds is 4. The van der Waals surface area contributed by atoms with E-state index < -0.39 is 11.7 Å². The molecule has 1 saturated heterocycles. The summed E-state index contributed by atoms with van der Waals surface area (Å²) < 4.78 is 54.0. The lowest BCUT2D eigenvalue weighted by Gasteiger charge is -2.34.